The van der Waals surface area contributed by atoms with Crippen LogP contribution in [0.1, 0.15) is 56.8 Å². The highest BCUT2D eigenvalue weighted by molar-refractivity contribution is 5.96. The summed E-state index contributed by atoms with van der Waals surface area (Å²) >= 11 is 0. The van der Waals surface area contributed by atoms with E-state index >= 15 is 0 Å². The summed E-state index contributed by atoms with van der Waals surface area (Å²) in [5, 5.41) is 8.95. The lowest BCUT2D eigenvalue weighted by Gasteiger charge is -2.25. The predicted molar refractivity (Wildman–Crippen MR) is 76.7 cm³/mol. The molecule has 0 saturated heterocycles. The Morgan fingerprint density at radius 3 is 2.42 bits per heavy atom. The van der Waals surface area contributed by atoms with E-state index in [0.717, 1.165) is 24.2 Å². The van der Waals surface area contributed by atoms with Gasteiger partial charge in [-0.2, -0.15) is 0 Å². The fourth-order valence-corrected chi connectivity index (χ4v) is 1.83. The van der Waals surface area contributed by atoms with E-state index in [1.165, 1.54) is 0 Å². The Morgan fingerprint density at radius 1 is 1.26 bits per heavy atom. The van der Waals surface area contributed by atoms with Gasteiger partial charge in [0, 0.05) is 25.0 Å². The number of hydrogen-bond acceptors (Lipinski definition) is 3. The Morgan fingerprint density at radius 2 is 1.89 bits per heavy atom. The highest BCUT2D eigenvalue weighted by atomic mass is 16.5. The van der Waals surface area contributed by atoms with Crippen molar-refractivity contribution in [3.8, 4) is 5.75 Å². The van der Waals surface area contributed by atoms with Crippen molar-refractivity contribution < 1.29 is 14.6 Å². The topological polar surface area (TPSA) is 46.5 Å². The second-order valence-corrected chi connectivity index (χ2v) is 5.39. The minimum absolute atomic E-state index is 0.0978. The van der Waals surface area contributed by atoms with Crippen LogP contribution >= 0.6 is 0 Å². The van der Waals surface area contributed by atoms with Gasteiger partial charge in [0.25, 0.3) is 0 Å². The van der Waals surface area contributed by atoms with E-state index in [-0.39, 0.29) is 12.4 Å². The van der Waals surface area contributed by atoms with E-state index in [0.29, 0.717) is 12.8 Å². The molecule has 0 spiro atoms. The van der Waals surface area contributed by atoms with Crippen molar-refractivity contribution in [3.05, 3.63) is 29.8 Å². The van der Waals surface area contributed by atoms with Crippen LogP contribution in [-0.2, 0) is 0 Å². The smallest absolute Gasteiger partial charge is 0.162 e. The van der Waals surface area contributed by atoms with Crippen LogP contribution in [0.4, 0.5) is 0 Å². The lowest BCUT2D eigenvalue weighted by atomic mass is 10.0. The van der Waals surface area contributed by atoms with Crippen LogP contribution in [0.5, 0.6) is 5.75 Å². The van der Waals surface area contributed by atoms with Crippen LogP contribution in [0.3, 0.4) is 0 Å². The van der Waals surface area contributed by atoms with Gasteiger partial charge in [-0.15, -0.1) is 0 Å². The molecule has 106 valence electrons. The summed E-state index contributed by atoms with van der Waals surface area (Å²) in [6, 6.07) is 7.25. The van der Waals surface area contributed by atoms with Crippen LogP contribution in [0.15, 0.2) is 24.3 Å². The molecule has 1 aromatic carbocycles. The van der Waals surface area contributed by atoms with E-state index < -0.39 is 5.60 Å². The number of carbonyl (C=O) groups is 1. The maximum absolute atomic E-state index is 11.8. The van der Waals surface area contributed by atoms with Crippen LogP contribution < -0.4 is 4.74 Å². The molecule has 0 amide bonds. The van der Waals surface area contributed by atoms with Crippen LogP contribution in [0.2, 0.25) is 0 Å². The largest absolute Gasteiger partial charge is 0.488 e. The molecule has 0 aromatic heterocycles. The minimum atomic E-state index is -0.400. The second-order valence-electron chi connectivity index (χ2n) is 5.39. The third-order valence-electron chi connectivity index (χ3n) is 3.04. The number of ether oxygens (including phenoxy) is 1. The summed E-state index contributed by atoms with van der Waals surface area (Å²) in [6.45, 7) is 6.04. The van der Waals surface area contributed by atoms with Crippen molar-refractivity contribution in [1.29, 1.82) is 0 Å². The average Bonchev–Trinajstić information content (AvgIpc) is 2.36. The van der Waals surface area contributed by atoms with E-state index in [4.69, 9.17) is 9.84 Å². The molecule has 19 heavy (non-hydrogen) atoms. The van der Waals surface area contributed by atoms with Gasteiger partial charge in [-0.05, 0) is 44.5 Å². The number of rotatable bonds is 8. The molecule has 0 saturated carbocycles. The SMILES string of the molecule is CCCCC(=O)c1ccc(OC(C)(C)CCO)cc1. The summed E-state index contributed by atoms with van der Waals surface area (Å²) in [7, 11) is 0. The standard InChI is InChI=1S/C16H24O3/c1-4-5-6-15(18)13-7-9-14(10-8-13)19-16(2,3)11-12-17/h7-10,17H,4-6,11-12H2,1-3H3. The van der Waals surface area contributed by atoms with E-state index in [2.05, 4.69) is 6.92 Å². The van der Waals surface area contributed by atoms with Crippen LogP contribution in [-0.4, -0.2) is 23.1 Å². The number of Topliss-reactive ketones (excluding diaryl/α,β-unsaturated/α-hetero) is 1. The maximum Gasteiger partial charge on any atom is 0.162 e. The molecule has 0 bridgehead atoms. The molecule has 1 aromatic rings. The Hall–Kier alpha value is -1.35. The molecule has 3 heteroatoms. The second kappa shape index (κ2) is 7.29. The fraction of sp³-hybridized carbons (Fsp3) is 0.562. The predicted octanol–water partition coefficient (Wildman–Crippen LogP) is 3.60. The molecule has 1 rings (SSSR count). The molecule has 0 heterocycles. The zero-order chi connectivity index (χ0) is 14.3. The first kappa shape index (κ1) is 15.7. The Balaban J connectivity index is 2.63. The van der Waals surface area contributed by atoms with Crippen molar-refractivity contribution in [1.82, 2.24) is 0 Å². The molecule has 0 atom stereocenters. The molecule has 3 nitrogen and oxygen atoms in total. The van der Waals surface area contributed by atoms with Crippen LogP contribution in [0, 0.1) is 0 Å². The highest BCUT2D eigenvalue weighted by Gasteiger charge is 2.19. The number of aliphatic hydroxyl groups excluding tert-OH is 1. The normalized spacial score (nSPS) is 11.4. The monoisotopic (exact) mass is 264 g/mol. The summed E-state index contributed by atoms with van der Waals surface area (Å²) in [5.41, 5.74) is 0.337. The molecular weight excluding hydrogens is 240 g/mol. The molecule has 1 N–H and O–H groups in total. The fourth-order valence-electron chi connectivity index (χ4n) is 1.83. The Bertz CT molecular complexity index is 393. The number of carbonyl (C=O) groups excluding carboxylic acids is 1. The number of unbranched alkanes of at least 4 members (excludes halogenated alkanes) is 1. The van der Waals surface area contributed by atoms with Gasteiger partial charge in [0.05, 0.1) is 0 Å². The minimum Gasteiger partial charge on any atom is -0.488 e. The van der Waals surface area contributed by atoms with Gasteiger partial charge in [-0.25, -0.2) is 0 Å². The van der Waals surface area contributed by atoms with Gasteiger partial charge >= 0.3 is 0 Å². The first-order chi connectivity index (χ1) is 8.98. The van der Waals surface area contributed by atoms with Gasteiger partial charge in [-0.1, -0.05) is 13.3 Å². The zero-order valence-corrected chi connectivity index (χ0v) is 12.1. The first-order valence-electron chi connectivity index (χ1n) is 6.91. The number of aliphatic hydroxyl groups is 1. The maximum atomic E-state index is 11.8. The first-order valence-corrected chi connectivity index (χ1v) is 6.91. The highest BCUT2D eigenvalue weighted by Crippen LogP contribution is 2.21. The average molecular weight is 264 g/mol. The van der Waals surface area contributed by atoms with E-state index in [1.54, 1.807) is 0 Å². The summed E-state index contributed by atoms with van der Waals surface area (Å²) in [4.78, 5) is 11.8. The van der Waals surface area contributed by atoms with Crippen molar-refractivity contribution >= 4 is 5.78 Å². The van der Waals surface area contributed by atoms with Crippen molar-refractivity contribution in [2.75, 3.05) is 6.61 Å². The number of hydrogen-bond donors (Lipinski definition) is 1. The van der Waals surface area contributed by atoms with E-state index in [9.17, 15) is 4.79 Å². The van der Waals surface area contributed by atoms with Gasteiger partial charge in [-0.3, -0.25) is 4.79 Å². The summed E-state index contributed by atoms with van der Waals surface area (Å²) in [5.74, 6) is 0.911. The van der Waals surface area contributed by atoms with Gasteiger partial charge < -0.3 is 9.84 Å². The zero-order valence-electron chi connectivity index (χ0n) is 12.1. The molecule has 0 aliphatic carbocycles. The van der Waals surface area contributed by atoms with Gasteiger partial charge in [0.2, 0.25) is 0 Å². The van der Waals surface area contributed by atoms with E-state index in [1.807, 2.05) is 38.1 Å². The summed E-state index contributed by atoms with van der Waals surface area (Å²) in [6.07, 6.45) is 3.14. The van der Waals surface area contributed by atoms with Crippen LogP contribution in [0.25, 0.3) is 0 Å². The number of ketones is 1. The molecule has 0 fully saturated rings. The van der Waals surface area contributed by atoms with Gasteiger partial charge in [0.1, 0.15) is 11.4 Å². The van der Waals surface area contributed by atoms with Crippen molar-refractivity contribution in [3.63, 3.8) is 0 Å². The van der Waals surface area contributed by atoms with Crippen molar-refractivity contribution in [2.24, 2.45) is 0 Å². The lowest BCUT2D eigenvalue weighted by molar-refractivity contribution is 0.0765. The molecule has 0 radical (unpaired) electrons. The molecule has 0 unspecified atom stereocenters. The third-order valence-corrected chi connectivity index (χ3v) is 3.04. The molecular formula is C16H24O3. The van der Waals surface area contributed by atoms with Crippen molar-refractivity contribution in [2.45, 2.75) is 52.1 Å². The lowest BCUT2D eigenvalue weighted by Crippen LogP contribution is -2.29. The number of benzene rings is 1. The molecule has 0 aliphatic rings. The Labute approximate surface area is 115 Å². The summed E-state index contributed by atoms with van der Waals surface area (Å²) < 4.78 is 5.79. The Kier molecular flexibility index (Phi) is 6.03. The molecule has 0 aliphatic heterocycles. The third kappa shape index (κ3) is 5.43. The quantitative estimate of drug-likeness (QED) is 0.730. The van der Waals surface area contributed by atoms with Gasteiger partial charge in [0.15, 0.2) is 5.78 Å².